The van der Waals surface area contributed by atoms with Gasteiger partial charge in [-0.2, -0.15) is 0 Å². The zero-order valence-electron chi connectivity index (χ0n) is 19.0. The van der Waals surface area contributed by atoms with E-state index in [4.69, 9.17) is 5.11 Å². The van der Waals surface area contributed by atoms with Crippen LogP contribution in [-0.4, -0.2) is 45.8 Å². The van der Waals surface area contributed by atoms with E-state index in [0.717, 1.165) is 11.3 Å². The summed E-state index contributed by atoms with van der Waals surface area (Å²) in [6.45, 7) is 2.85. The normalized spacial score (nSPS) is 12.7. The minimum absolute atomic E-state index is 0. The number of aliphatic hydroxyl groups excluding tert-OH is 1. The molecule has 0 atom stereocenters. The molecule has 0 fully saturated rings. The molecule has 0 aliphatic carbocycles. The molecule has 1 aromatic heterocycles. The summed E-state index contributed by atoms with van der Waals surface area (Å²) in [5.41, 5.74) is 6.15. The molecule has 178 valence electrons. The van der Waals surface area contributed by atoms with Gasteiger partial charge in [0.25, 0.3) is 0 Å². The number of allylic oxidation sites excluding steroid dienone is 2. The summed E-state index contributed by atoms with van der Waals surface area (Å²) < 4.78 is 5.63. The molecule has 0 bridgehead atoms. The maximum atomic E-state index is 10.0. The van der Waals surface area contributed by atoms with Crippen molar-refractivity contribution in [3.8, 4) is 11.3 Å². The first-order valence-corrected chi connectivity index (χ1v) is 14.2. The van der Waals surface area contributed by atoms with Gasteiger partial charge < -0.3 is 5.11 Å². The third kappa shape index (κ3) is 5.38. The summed E-state index contributed by atoms with van der Waals surface area (Å²) in [5, 5.41) is 8.36. The van der Waals surface area contributed by atoms with E-state index in [2.05, 4.69) is 76.6 Å². The Morgan fingerprint density at radius 2 is 1.54 bits per heavy atom. The molecule has 0 amide bonds. The molecular weight excluding hydrogens is 749 g/mol. The Hall–Kier alpha value is -2.45. The molecular formula is C28H21N2O2PtSe2-. The SMILES string of the molecule is CC(=O)/C=C(/C)O.[Pt].[c-]1c(-c2ccccn2)cc2c3c1[Se]c1ccccc1N3c1ccccc1[Se]2. The number of hydrogen-bond acceptors (Lipinski definition) is 4. The number of rotatable bonds is 2. The van der Waals surface area contributed by atoms with Gasteiger partial charge in [-0.05, 0) is 13.8 Å². The van der Waals surface area contributed by atoms with Gasteiger partial charge in [0.05, 0.1) is 5.76 Å². The van der Waals surface area contributed by atoms with Crippen LogP contribution in [0.2, 0.25) is 0 Å². The van der Waals surface area contributed by atoms with E-state index in [0.29, 0.717) is 0 Å². The van der Waals surface area contributed by atoms with Crippen molar-refractivity contribution in [2.45, 2.75) is 13.8 Å². The Labute approximate surface area is 232 Å². The predicted molar refractivity (Wildman–Crippen MR) is 140 cm³/mol. The number of para-hydroxylation sites is 2. The number of pyridine rings is 1. The monoisotopic (exact) mass is 772 g/mol. The van der Waals surface area contributed by atoms with Gasteiger partial charge in [0, 0.05) is 27.1 Å². The predicted octanol–water partition coefficient (Wildman–Crippen LogP) is 2.99. The van der Waals surface area contributed by atoms with Crippen molar-refractivity contribution in [3.63, 3.8) is 0 Å². The van der Waals surface area contributed by atoms with Crippen LogP contribution in [0.3, 0.4) is 0 Å². The molecule has 6 rings (SSSR count). The fourth-order valence-electron chi connectivity index (χ4n) is 3.90. The number of carbonyl (C=O) groups excluding carboxylic acids is 1. The van der Waals surface area contributed by atoms with Gasteiger partial charge in [0.2, 0.25) is 0 Å². The Morgan fingerprint density at radius 3 is 2.11 bits per heavy atom. The second kappa shape index (κ2) is 11.1. The number of fused-ring (bicyclic) bond motifs is 4. The van der Waals surface area contributed by atoms with E-state index in [1.54, 1.807) is 0 Å². The first-order chi connectivity index (χ1) is 16.5. The Morgan fingerprint density at radius 1 is 0.914 bits per heavy atom. The van der Waals surface area contributed by atoms with Gasteiger partial charge >= 0.3 is 171 Å². The van der Waals surface area contributed by atoms with Crippen LogP contribution in [0.25, 0.3) is 11.3 Å². The van der Waals surface area contributed by atoms with Gasteiger partial charge in [-0.1, -0.05) is 0 Å². The molecule has 7 heteroatoms. The number of ketones is 1. The zero-order chi connectivity index (χ0) is 23.7. The topological polar surface area (TPSA) is 53.4 Å². The molecule has 0 saturated heterocycles. The van der Waals surface area contributed by atoms with Crippen molar-refractivity contribution in [1.82, 2.24) is 4.98 Å². The second-order valence-corrected chi connectivity index (χ2v) is 12.3. The standard InChI is InChI=1S/C23H13N2Se2.C5H8O2.Pt/c1-3-10-19-17(8-1)25-18-9-2-4-11-20(18)27-22-14-15(13-21(26-19)23(22)25)16-7-5-6-12-24-16;1-4(6)3-5(2)7;/h1-13H;3,6H,1-2H3;/q-1;;/b;4-3-;. The van der Waals surface area contributed by atoms with E-state index in [1.165, 1.54) is 54.8 Å². The van der Waals surface area contributed by atoms with E-state index >= 15 is 0 Å². The van der Waals surface area contributed by atoms with Gasteiger partial charge in [-0.15, -0.1) is 0 Å². The van der Waals surface area contributed by atoms with Crippen molar-refractivity contribution >= 4 is 70.6 Å². The number of anilines is 3. The molecule has 0 radical (unpaired) electrons. The number of hydrogen-bond donors (Lipinski definition) is 1. The van der Waals surface area contributed by atoms with E-state index in [9.17, 15) is 4.79 Å². The number of nitrogens with zero attached hydrogens (tertiary/aromatic N) is 2. The molecule has 35 heavy (non-hydrogen) atoms. The van der Waals surface area contributed by atoms with Crippen molar-refractivity contribution in [2.24, 2.45) is 0 Å². The molecule has 0 unspecified atom stereocenters. The van der Waals surface area contributed by atoms with Crippen molar-refractivity contribution in [2.75, 3.05) is 4.90 Å². The van der Waals surface area contributed by atoms with Crippen molar-refractivity contribution in [1.29, 1.82) is 0 Å². The second-order valence-electron chi connectivity index (χ2n) is 7.81. The third-order valence-corrected chi connectivity index (χ3v) is 9.73. The summed E-state index contributed by atoms with van der Waals surface area (Å²) in [4.78, 5) is 17.0. The molecule has 0 spiro atoms. The summed E-state index contributed by atoms with van der Waals surface area (Å²) in [5.74, 6) is -0.0625. The quantitative estimate of drug-likeness (QED) is 0.128. The molecule has 4 aromatic rings. The zero-order valence-corrected chi connectivity index (χ0v) is 24.7. The van der Waals surface area contributed by atoms with E-state index in [-0.39, 0.29) is 62.5 Å². The van der Waals surface area contributed by atoms with E-state index in [1.807, 2.05) is 18.3 Å². The van der Waals surface area contributed by atoms with Crippen LogP contribution in [-0.2, 0) is 25.9 Å². The van der Waals surface area contributed by atoms with Gasteiger partial charge in [-0.25, -0.2) is 0 Å². The Bertz CT molecular complexity index is 1350. The summed E-state index contributed by atoms with van der Waals surface area (Å²) in [7, 11) is 0. The first-order valence-electron chi connectivity index (χ1n) is 10.7. The first kappa shape index (κ1) is 25.6. The molecule has 2 aliphatic rings. The van der Waals surface area contributed by atoms with Crippen LogP contribution in [0.1, 0.15) is 13.8 Å². The summed E-state index contributed by atoms with van der Waals surface area (Å²) in [6.07, 6.45) is 3.03. The average Bonchev–Trinajstić information content (AvgIpc) is 2.83. The van der Waals surface area contributed by atoms with Gasteiger partial charge in [0.15, 0.2) is 5.78 Å². The van der Waals surface area contributed by atoms with Crippen LogP contribution in [0.15, 0.2) is 90.8 Å². The summed E-state index contributed by atoms with van der Waals surface area (Å²) in [6, 6.07) is 29.8. The average molecular weight is 770 g/mol. The molecule has 3 aromatic carbocycles. The molecule has 4 nitrogen and oxygen atoms in total. The molecule has 3 heterocycles. The van der Waals surface area contributed by atoms with Crippen molar-refractivity contribution in [3.05, 3.63) is 96.9 Å². The molecule has 1 N–H and O–H groups in total. The molecule has 2 aliphatic heterocycles. The van der Waals surface area contributed by atoms with Crippen LogP contribution in [0.5, 0.6) is 0 Å². The fourth-order valence-corrected chi connectivity index (χ4v) is 8.85. The van der Waals surface area contributed by atoms with Crippen LogP contribution in [0, 0.1) is 6.07 Å². The third-order valence-electron chi connectivity index (χ3n) is 5.19. The number of aromatic nitrogens is 1. The fraction of sp³-hybridized carbons (Fsp3) is 0.0714. The Kier molecular flexibility index (Phi) is 8.11. The molecule has 0 saturated carbocycles. The van der Waals surface area contributed by atoms with Crippen LogP contribution in [0.4, 0.5) is 17.1 Å². The van der Waals surface area contributed by atoms with E-state index < -0.39 is 0 Å². The number of benzene rings is 3. The maximum absolute atomic E-state index is 10.0. The van der Waals surface area contributed by atoms with Crippen LogP contribution < -0.4 is 22.7 Å². The van der Waals surface area contributed by atoms with Gasteiger partial charge in [0.1, 0.15) is 0 Å². The minimum atomic E-state index is -0.125. The Balaban J connectivity index is 0.000000320. The number of aliphatic hydroxyl groups is 1. The van der Waals surface area contributed by atoms with Crippen LogP contribution >= 0.6 is 0 Å². The number of carbonyl (C=O) groups is 1. The van der Waals surface area contributed by atoms with Crippen molar-refractivity contribution < 1.29 is 31.0 Å². The summed E-state index contributed by atoms with van der Waals surface area (Å²) >= 11 is 0.544. The van der Waals surface area contributed by atoms with Gasteiger partial charge in [-0.3, -0.25) is 4.79 Å².